The maximum absolute atomic E-state index is 3.97. The molecular formula is C7H12N3+. The molecule has 0 radical (unpaired) electrons. The third-order valence-corrected chi connectivity index (χ3v) is 1.32. The highest BCUT2D eigenvalue weighted by atomic mass is 15.7. The summed E-state index contributed by atoms with van der Waals surface area (Å²) in [6, 6.07) is 0. The second kappa shape index (κ2) is 2.75. The van der Waals surface area contributed by atoms with Gasteiger partial charge in [0.2, 0.25) is 0 Å². The van der Waals surface area contributed by atoms with Crippen LogP contribution in [-0.2, 0) is 0 Å². The fourth-order valence-electron chi connectivity index (χ4n) is 0.734. The molecule has 0 spiro atoms. The molecule has 1 heterocycles. The van der Waals surface area contributed by atoms with Crippen LogP contribution in [0.1, 0.15) is 13.3 Å². The van der Waals surface area contributed by atoms with Gasteiger partial charge in [0.1, 0.15) is 25.6 Å². The van der Waals surface area contributed by atoms with Crippen LogP contribution in [0.15, 0.2) is 35.0 Å². The zero-order chi connectivity index (χ0) is 7.45. The summed E-state index contributed by atoms with van der Waals surface area (Å²) in [5.41, 5.74) is 0. The minimum absolute atomic E-state index is 0.452. The molecule has 0 aromatic rings. The Bertz CT molecular complexity index is 179. The summed E-state index contributed by atoms with van der Waals surface area (Å²) in [4.78, 5) is 0. The van der Waals surface area contributed by atoms with Crippen LogP contribution in [0.3, 0.4) is 0 Å². The maximum Gasteiger partial charge on any atom is 0.149 e. The molecule has 3 heteroatoms. The standard InChI is InChI=1S/C7H12N3/c1-3-4-6-10(2)7-5-8-9-10/h4-7H,3H2,1-2H3/q+1. The van der Waals surface area contributed by atoms with E-state index >= 15 is 0 Å². The summed E-state index contributed by atoms with van der Waals surface area (Å²) in [6.07, 6.45) is 8.76. The number of nitrogens with zero attached hydrogens (tertiary/aromatic N) is 3. The molecule has 0 aliphatic carbocycles. The van der Waals surface area contributed by atoms with Crippen molar-refractivity contribution < 1.29 is 4.59 Å². The van der Waals surface area contributed by atoms with Crippen LogP contribution >= 0.6 is 0 Å². The molecule has 1 aliphatic heterocycles. The third-order valence-electron chi connectivity index (χ3n) is 1.32. The van der Waals surface area contributed by atoms with Crippen molar-refractivity contribution in [3.8, 4) is 0 Å². The molecule has 1 unspecified atom stereocenters. The van der Waals surface area contributed by atoms with Gasteiger partial charge in [-0.2, -0.15) is 0 Å². The molecular weight excluding hydrogens is 126 g/mol. The van der Waals surface area contributed by atoms with Crippen molar-refractivity contribution >= 4 is 0 Å². The SMILES string of the molecule is CCC=C[N+]1(C)C=CN=N1. The highest BCUT2D eigenvalue weighted by Gasteiger charge is 2.17. The van der Waals surface area contributed by atoms with Gasteiger partial charge in [-0.3, -0.25) is 0 Å². The summed E-state index contributed by atoms with van der Waals surface area (Å²) in [5, 5.41) is 7.72. The van der Waals surface area contributed by atoms with Crippen molar-refractivity contribution in [1.82, 2.24) is 0 Å². The lowest BCUT2D eigenvalue weighted by Gasteiger charge is -2.10. The molecule has 0 saturated carbocycles. The fraction of sp³-hybridized carbons (Fsp3) is 0.429. The Morgan fingerprint density at radius 2 is 2.40 bits per heavy atom. The van der Waals surface area contributed by atoms with Gasteiger partial charge in [-0.1, -0.05) is 6.92 Å². The topological polar surface area (TPSA) is 24.7 Å². The van der Waals surface area contributed by atoms with Crippen molar-refractivity contribution in [1.29, 1.82) is 0 Å². The predicted molar refractivity (Wildman–Crippen MR) is 39.6 cm³/mol. The van der Waals surface area contributed by atoms with Crippen LogP contribution in [0.4, 0.5) is 0 Å². The smallest absolute Gasteiger partial charge is 0.128 e. The second-order valence-corrected chi connectivity index (χ2v) is 2.39. The highest BCUT2D eigenvalue weighted by Crippen LogP contribution is 2.13. The van der Waals surface area contributed by atoms with Crippen LogP contribution < -0.4 is 0 Å². The molecule has 3 nitrogen and oxygen atoms in total. The fourth-order valence-corrected chi connectivity index (χ4v) is 0.734. The van der Waals surface area contributed by atoms with Gasteiger partial charge in [-0.25, -0.2) is 0 Å². The molecule has 0 bridgehead atoms. The van der Waals surface area contributed by atoms with Gasteiger partial charge in [-0.15, -0.1) is 9.71 Å². The Balaban J connectivity index is 2.61. The second-order valence-electron chi connectivity index (χ2n) is 2.39. The summed E-state index contributed by atoms with van der Waals surface area (Å²) < 4.78 is 0.452. The molecule has 10 heavy (non-hydrogen) atoms. The summed E-state index contributed by atoms with van der Waals surface area (Å²) in [5.74, 6) is 0. The minimum Gasteiger partial charge on any atom is -0.128 e. The van der Waals surface area contributed by atoms with E-state index in [0.29, 0.717) is 4.59 Å². The number of quaternary nitrogens is 1. The zero-order valence-corrected chi connectivity index (χ0v) is 6.36. The molecule has 0 amide bonds. The molecule has 0 saturated heterocycles. The summed E-state index contributed by atoms with van der Waals surface area (Å²) >= 11 is 0. The number of allylic oxidation sites excluding steroid dienone is 1. The Morgan fingerprint density at radius 1 is 1.60 bits per heavy atom. The van der Waals surface area contributed by atoms with E-state index in [1.165, 1.54) is 0 Å². The molecule has 1 atom stereocenters. The van der Waals surface area contributed by atoms with Gasteiger partial charge >= 0.3 is 0 Å². The first-order valence-electron chi connectivity index (χ1n) is 3.40. The molecule has 1 rings (SSSR count). The monoisotopic (exact) mass is 138 g/mol. The zero-order valence-electron chi connectivity index (χ0n) is 6.36. The number of rotatable bonds is 2. The van der Waals surface area contributed by atoms with E-state index < -0.39 is 0 Å². The number of hydrogen-bond donors (Lipinski definition) is 0. The van der Waals surface area contributed by atoms with Gasteiger partial charge in [0.15, 0.2) is 0 Å². The van der Waals surface area contributed by atoms with E-state index in [1.807, 2.05) is 19.4 Å². The van der Waals surface area contributed by atoms with Gasteiger partial charge in [0, 0.05) is 5.22 Å². The first-order valence-corrected chi connectivity index (χ1v) is 3.40. The molecule has 0 aromatic carbocycles. The Kier molecular flexibility index (Phi) is 1.97. The largest absolute Gasteiger partial charge is 0.149 e. The predicted octanol–water partition coefficient (Wildman–Crippen LogP) is 2.21. The van der Waals surface area contributed by atoms with E-state index in [4.69, 9.17) is 0 Å². The molecule has 1 aliphatic rings. The average Bonchev–Trinajstić information content (AvgIpc) is 2.33. The molecule has 0 fully saturated rings. The molecule has 0 N–H and O–H groups in total. The maximum atomic E-state index is 3.97. The lowest BCUT2D eigenvalue weighted by atomic mass is 10.4. The number of hydrogen-bond acceptors (Lipinski definition) is 2. The van der Waals surface area contributed by atoms with Crippen LogP contribution in [0.2, 0.25) is 0 Å². The van der Waals surface area contributed by atoms with Crippen molar-refractivity contribution in [2.24, 2.45) is 10.3 Å². The lowest BCUT2D eigenvalue weighted by Crippen LogP contribution is -2.21. The summed E-state index contributed by atoms with van der Waals surface area (Å²) in [7, 11) is 1.97. The van der Waals surface area contributed by atoms with Gasteiger partial charge in [0.05, 0.1) is 0 Å². The molecule has 0 aromatic heterocycles. The summed E-state index contributed by atoms with van der Waals surface area (Å²) in [6.45, 7) is 2.10. The van der Waals surface area contributed by atoms with Crippen LogP contribution in [0.25, 0.3) is 0 Å². The third kappa shape index (κ3) is 1.51. The van der Waals surface area contributed by atoms with Crippen molar-refractivity contribution in [2.75, 3.05) is 7.05 Å². The Labute approximate surface area is 60.9 Å². The van der Waals surface area contributed by atoms with Crippen molar-refractivity contribution in [2.45, 2.75) is 13.3 Å². The van der Waals surface area contributed by atoms with E-state index in [0.717, 1.165) is 6.42 Å². The molecule has 54 valence electrons. The van der Waals surface area contributed by atoms with Gasteiger partial charge in [-0.05, 0) is 12.5 Å². The lowest BCUT2D eigenvalue weighted by molar-refractivity contribution is -0.814. The minimum atomic E-state index is 0.452. The van der Waals surface area contributed by atoms with Crippen LogP contribution in [0.5, 0.6) is 0 Å². The van der Waals surface area contributed by atoms with Gasteiger partial charge in [0.25, 0.3) is 0 Å². The quantitative estimate of drug-likeness (QED) is 0.523. The van der Waals surface area contributed by atoms with E-state index in [1.54, 1.807) is 6.20 Å². The van der Waals surface area contributed by atoms with Crippen LogP contribution in [0, 0.1) is 0 Å². The van der Waals surface area contributed by atoms with Gasteiger partial charge < -0.3 is 0 Å². The van der Waals surface area contributed by atoms with E-state index in [9.17, 15) is 0 Å². The first-order chi connectivity index (χ1) is 4.77. The normalized spacial score (nSPS) is 30.6. The highest BCUT2D eigenvalue weighted by molar-refractivity contribution is 4.80. The van der Waals surface area contributed by atoms with Crippen LogP contribution in [-0.4, -0.2) is 11.6 Å². The van der Waals surface area contributed by atoms with E-state index in [2.05, 4.69) is 23.3 Å². The van der Waals surface area contributed by atoms with Crippen molar-refractivity contribution in [3.63, 3.8) is 0 Å². The average molecular weight is 138 g/mol. The van der Waals surface area contributed by atoms with E-state index in [-0.39, 0.29) is 0 Å². The van der Waals surface area contributed by atoms with Crippen molar-refractivity contribution in [3.05, 3.63) is 24.7 Å². The first kappa shape index (κ1) is 7.15. The Hall–Kier alpha value is -0.960. The Morgan fingerprint density at radius 3 is 2.90 bits per heavy atom.